The predicted molar refractivity (Wildman–Crippen MR) is 87.6 cm³/mol. The third-order valence-corrected chi connectivity index (χ3v) is 4.93. The van der Waals surface area contributed by atoms with Crippen LogP contribution in [-0.2, 0) is 4.79 Å². The van der Waals surface area contributed by atoms with Gasteiger partial charge in [-0.15, -0.1) is 0 Å². The van der Waals surface area contributed by atoms with E-state index in [1.54, 1.807) is 0 Å². The predicted octanol–water partition coefficient (Wildman–Crippen LogP) is 2.66. The van der Waals surface area contributed by atoms with E-state index in [0.29, 0.717) is 19.0 Å². The molecule has 0 radical (unpaired) electrons. The number of carbonyl (C=O) groups excluding carboxylic acids is 2. The lowest BCUT2D eigenvalue weighted by atomic mass is 9.96. The molecule has 3 amide bonds. The highest BCUT2D eigenvalue weighted by atomic mass is 16.2. The van der Waals surface area contributed by atoms with Crippen LogP contribution in [0.2, 0.25) is 0 Å². The number of hydrogen-bond donors (Lipinski definition) is 2. The molecule has 1 aliphatic heterocycles. The van der Waals surface area contributed by atoms with Gasteiger partial charge in [-0.05, 0) is 38.0 Å². The number of hydrogen-bond acceptors (Lipinski definition) is 2. The Hall–Kier alpha value is -1.26. The minimum Gasteiger partial charge on any atom is -0.343 e. The third kappa shape index (κ3) is 5.85. The van der Waals surface area contributed by atoms with E-state index >= 15 is 0 Å². The minimum atomic E-state index is -0.0776. The summed E-state index contributed by atoms with van der Waals surface area (Å²) in [4.78, 5) is 25.8. The van der Waals surface area contributed by atoms with E-state index < -0.39 is 0 Å². The maximum atomic E-state index is 12.1. The van der Waals surface area contributed by atoms with E-state index in [1.165, 1.54) is 19.3 Å². The van der Waals surface area contributed by atoms with Crippen molar-refractivity contribution in [2.24, 2.45) is 5.92 Å². The molecule has 0 bridgehead atoms. The summed E-state index contributed by atoms with van der Waals surface area (Å²) in [6.07, 6.45) is 9.42. The van der Waals surface area contributed by atoms with Crippen LogP contribution in [0.4, 0.5) is 4.79 Å². The zero-order valence-electron chi connectivity index (χ0n) is 13.9. The SMILES string of the molecule is CC1CCN(C(=O)CCCNC(=O)NC2CCCCC2)CC1. The Balaban J connectivity index is 1.52. The molecule has 5 nitrogen and oxygen atoms in total. The normalized spacial score (nSPS) is 20.7. The Labute approximate surface area is 134 Å². The number of rotatable bonds is 5. The summed E-state index contributed by atoms with van der Waals surface area (Å²) in [5.74, 6) is 0.982. The molecule has 0 unspecified atom stereocenters. The molecule has 0 aromatic rings. The van der Waals surface area contributed by atoms with Crippen LogP contribution in [0.1, 0.15) is 64.7 Å². The van der Waals surface area contributed by atoms with Crippen LogP contribution >= 0.6 is 0 Å². The molecule has 22 heavy (non-hydrogen) atoms. The first-order chi connectivity index (χ1) is 10.6. The van der Waals surface area contributed by atoms with E-state index in [0.717, 1.165) is 51.1 Å². The zero-order chi connectivity index (χ0) is 15.8. The molecule has 1 heterocycles. The molecule has 2 aliphatic rings. The quantitative estimate of drug-likeness (QED) is 0.767. The second-order valence-electron chi connectivity index (χ2n) is 6.90. The van der Waals surface area contributed by atoms with Crippen LogP contribution in [-0.4, -0.2) is 42.5 Å². The van der Waals surface area contributed by atoms with Gasteiger partial charge in [-0.2, -0.15) is 0 Å². The molecule has 2 fully saturated rings. The molecule has 126 valence electrons. The molecular formula is C17H31N3O2. The molecule has 1 saturated carbocycles. The number of carbonyl (C=O) groups is 2. The number of amides is 3. The molecule has 1 saturated heterocycles. The molecule has 2 rings (SSSR count). The third-order valence-electron chi connectivity index (χ3n) is 4.93. The fourth-order valence-electron chi connectivity index (χ4n) is 3.34. The highest BCUT2D eigenvalue weighted by molar-refractivity contribution is 5.76. The second kappa shape index (κ2) is 9.01. The number of piperidine rings is 1. The second-order valence-corrected chi connectivity index (χ2v) is 6.90. The maximum absolute atomic E-state index is 12.1. The van der Waals surface area contributed by atoms with Gasteiger partial charge in [-0.25, -0.2) is 4.79 Å². The van der Waals surface area contributed by atoms with Crippen molar-refractivity contribution in [2.45, 2.75) is 70.8 Å². The van der Waals surface area contributed by atoms with Crippen molar-refractivity contribution in [1.82, 2.24) is 15.5 Å². The van der Waals surface area contributed by atoms with Gasteiger partial charge in [0.25, 0.3) is 0 Å². The number of nitrogens with zero attached hydrogens (tertiary/aromatic N) is 1. The Kier molecular flexibility index (Phi) is 7.00. The smallest absolute Gasteiger partial charge is 0.315 e. The maximum Gasteiger partial charge on any atom is 0.315 e. The molecule has 1 aliphatic carbocycles. The van der Waals surface area contributed by atoms with Crippen molar-refractivity contribution in [1.29, 1.82) is 0 Å². The molecule has 5 heteroatoms. The summed E-state index contributed by atoms with van der Waals surface area (Å²) in [5, 5.41) is 5.90. The van der Waals surface area contributed by atoms with Crippen LogP contribution in [0.25, 0.3) is 0 Å². The Morgan fingerprint density at radius 3 is 2.41 bits per heavy atom. The average molecular weight is 309 g/mol. The first-order valence-corrected chi connectivity index (χ1v) is 8.97. The summed E-state index contributed by atoms with van der Waals surface area (Å²) in [6, 6.07) is 0.261. The highest BCUT2D eigenvalue weighted by Crippen LogP contribution is 2.17. The molecule has 0 aromatic heterocycles. The Bertz CT molecular complexity index is 359. The summed E-state index contributed by atoms with van der Waals surface area (Å²) in [6.45, 7) is 4.62. The first-order valence-electron chi connectivity index (χ1n) is 8.97. The summed E-state index contributed by atoms with van der Waals surface area (Å²) >= 11 is 0. The monoisotopic (exact) mass is 309 g/mol. The summed E-state index contributed by atoms with van der Waals surface area (Å²) in [5.41, 5.74) is 0. The lowest BCUT2D eigenvalue weighted by molar-refractivity contribution is -0.132. The largest absolute Gasteiger partial charge is 0.343 e. The first kappa shape index (κ1) is 17.1. The van der Waals surface area contributed by atoms with Crippen molar-refractivity contribution >= 4 is 11.9 Å². The van der Waals surface area contributed by atoms with Crippen molar-refractivity contribution in [3.05, 3.63) is 0 Å². The van der Waals surface area contributed by atoms with Crippen molar-refractivity contribution < 1.29 is 9.59 Å². The van der Waals surface area contributed by atoms with Crippen LogP contribution < -0.4 is 10.6 Å². The van der Waals surface area contributed by atoms with Crippen molar-refractivity contribution in [3.63, 3.8) is 0 Å². The van der Waals surface area contributed by atoms with Gasteiger partial charge in [0.15, 0.2) is 0 Å². The average Bonchev–Trinajstić information content (AvgIpc) is 2.53. The van der Waals surface area contributed by atoms with Gasteiger partial charge < -0.3 is 15.5 Å². The van der Waals surface area contributed by atoms with Gasteiger partial charge in [0, 0.05) is 32.1 Å². The fourth-order valence-corrected chi connectivity index (χ4v) is 3.34. The van der Waals surface area contributed by atoms with Gasteiger partial charge in [0.2, 0.25) is 5.91 Å². The van der Waals surface area contributed by atoms with E-state index in [2.05, 4.69) is 17.6 Å². The van der Waals surface area contributed by atoms with Crippen molar-refractivity contribution in [2.75, 3.05) is 19.6 Å². The van der Waals surface area contributed by atoms with E-state index in [-0.39, 0.29) is 11.9 Å². The van der Waals surface area contributed by atoms with E-state index in [4.69, 9.17) is 0 Å². The van der Waals surface area contributed by atoms with Gasteiger partial charge in [-0.3, -0.25) is 4.79 Å². The zero-order valence-corrected chi connectivity index (χ0v) is 13.9. The lowest BCUT2D eigenvalue weighted by Crippen LogP contribution is -2.43. The molecule has 0 atom stereocenters. The number of nitrogens with one attached hydrogen (secondary N) is 2. The summed E-state index contributed by atoms with van der Waals surface area (Å²) in [7, 11) is 0. The molecular weight excluding hydrogens is 278 g/mol. The van der Waals surface area contributed by atoms with Gasteiger partial charge in [0.05, 0.1) is 0 Å². The standard InChI is InChI=1S/C17H31N3O2/c1-14-9-12-20(13-10-14)16(21)8-5-11-18-17(22)19-15-6-3-2-4-7-15/h14-15H,2-13H2,1H3,(H2,18,19,22). The van der Waals surface area contributed by atoms with Crippen molar-refractivity contribution in [3.8, 4) is 0 Å². The van der Waals surface area contributed by atoms with Gasteiger partial charge >= 0.3 is 6.03 Å². The van der Waals surface area contributed by atoms with E-state index in [9.17, 15) is 9.59 Å². The number of likely N-dealkylation sites (tertiary alicyclic amines) is 1. The van der Waals surface area contributed by atoms with Gasteiger partial charge in [-0.1, -0.05) is 26.2 Å². The molecule has 2 N–H and O–H groups in total. The highest BCUT2D eigenvalue weighted by Gasteiger charge is 2.20. The summed E-state index contributed by atoms with van der Waals surface area (Å²) < 4.78 is 0. The van der Waals surface area contributed by atoms with Gasteiger partial charge in [0.1, 0.15) is 0 Å². The van der Waals surface area contributed by atoms with E-state index in [1.807, 2.05) is 4.90 Å². The Morgan fingerprint density at radius 1 is 1.05 bits per heavy atom. The van der Waals surface area contributed by atoms with Crippen LogP contribution in [0.15, 0.2) is 0 Å². The topological polar surface area (TPSA) is 61.4 Å². The van der Waals surface area contributed by atoms with Crippen LogP contribution in [0.5, 0.6) is 0 Å². The Morgan fingerprint density at radius 2 is 1.73 bits per heavy atom. The minimum absolute atomic E-state index is 0.0776. The van der Waals surface area contributed by atoms with Crippen LogP contribution in [0, 0.1) is 5.92 Å². The van der Waals surface area contributed by atoms with Crippen LogP contribution in [0.3, 0.4) is 0 Å². The number of urea groups is 1. The molecule has 0 spiro atoms. The fraction of sp³-hybridized carbons (Fsp3) is 0.882. The molecule has 0 aromatic carbocycles. The lowest BCUT2D eigenvalue weighted by Gasteiger charge is -2.30.